The number of hydrogen-bond acceptors (Lipinski definition) is 4. The minimum Gasteiger partial charge on any atom is -0.356 e. The van der Waals surface area contributed by atoms with Crippen molar-refractivity contribution in [2.24, 2.45) is 0 Å². The van der Waals surface area contributed by atoms with Crippen molar-refractivity contribution in [2.45, 2.75) is 32.9 Å². The first-order chi connectivity index (χ1) is 14.4. The lowest BCUT2D eigenvalue weighted by atomic mass is 10.2. The van der Waals surface area contributed by atoms with Gasteiger partial charge in [0.2, 0.25) is 0 Å². The second kappa shape index (κ2) is 9.55. The first-order valence-corrected chi connectivity index (χ1v) is 9.01. The summed E-state index contributed by atoms with van der Waals surface area (Å²) >= 11 is 0. The van der Waals surface area contributed by atoms with Gasteiger partial charge in [0.15, 0.2) is 0 Å². The minimum absolute atomic E-state index is 0.0352. The van der Waals surface area contributed by atoms with Crippen LogP contribution in [0.4, 0.5) is 13.2 Å². The summed E-state index contributed by atoms with van der Waals surface area (Å²) in [6.07, 6.45) is -4.45. The molecule has 0 aliphatic rings. The predicted octanol–water partition coefficient (Wildman–Crippen LogP) is 3.38. The fourth-order valence-electron chi connectivity index (χ4n) is 2.72. The Bertz CT molecular complexity index is 1080. The summed E-state index contributed by atoms with van der Waals surface area (Å²) < 4.78 is 51.7. The Morgan fingerprint density at radius 2 is 1.27 bits per heavy atom. The number of hydrogen-bond donors (Lipinski definition) is 0. The number of benzene rings is 2. The highest BCUT2D eigenvalue weighted by Gasteiger charge is 2.36. The van der Waals surface area contributed by atoms with Gasteiger partial charge in [0.25, 0.3) is 5.56 Å². The summed E-state index contributed by atoms with van der Waals surface area (Å²) in [5.74, 6) is 0. The predicted molar refractivity (Wildman–Crippen MR) is 102 cm³/mol. The van der Waals surface area contributed by atoms with E-state index in [1.54, 1.807) is 54.6 Å². The third-order valence-corrected chi connectivity index (χ3v) is 4.22. The molecule has 30 heavy (non-hydrogen) atoms. The zero-order valence-corrected chi connectivity index (χ0v) is 15.8. The molecule has 0 saturated carbocycles. The summed E-state index contributed by atoms with van der Waals surface area (Å²) in [4.78, 5) is 24.8. The Morgan fingerprint density at radius 1 is 0.767 bits per heavy atom. The average Bonchev–Trinajstić information content (AvgIpc) is 2.73. The summed E-state index contributed by atoms with van der Waals surface area (Å²) in [6, 6.07) is 17.8. The van der Waals surface area contributed by atoms with Gasteiger partial charge in [0.1, 0.15) is 19.0 Å². The van der Waals surface area contributed by atoms with Gasteiger partial charge in [-0.25, -0.2) is 9.36 Å². The lowest BCUT2D eigenvalue weighted by Gasteiger charge is -2.15. The van der Waals surface area contributed by atoms with Crippen molar-refractivity contribution >= 4 is 0 Å². The molecule has 158 valence electrons. The van der Waals surface area contributed by atoms with Crippen molar-refractivity contribution in [1.82, 2.24) is 9.13 Å². The molecule has 0 N–H and O–H groups in total. The van der Waals surface area contributed by atoms with Crippen LogP contribution in [0.3, 0.4) is 0 Å². The highest BCUT2D eigenvalue weighted by atomic mass is 19.3. The zero-order chi connectivity index (χ0) is 21.6. The molecule has 0 amide bonds. The Kier molecular flexibility index (Phi) is 6.86. The van der Waals surface area contributed by atoms with Crippen LogP contribution in [0.2, 0.25) is 0 Å². The summed E-state index contributed by atoms with van der Waals surface area (Å²) in [7, 11) is 0. The normalized spacial score (nSPS) is 11.6. The van der Waals surface area contributed by atoms with Crippen molar-refractivity contribution in [1.29, 1.82) is 0 Å². The lowest BCUT2D eigenvalue weighted by molar-refractivity contribution is -0.140. The van der Waals surface area contributed by atoms with Gasteiger partial charge in [0, 0.05) is 6.20 Å². The van der Waals surface area contributed by atoms with E-state index in [0.29, 0.717) is 15.3 Å². The van der Waals surface area contributed by atoms with Crippen LogP contribution < -0.4 is 11.2 Å². The van der Waals surface area contributed by atoms with Gasteiger partial charge in [-0.15, -0.1) is 0 Å². The Hall–Kier alpha value is -3.17. The zero-order valence-electron chi connectivity index (χ0n) is 15.8. The minimum atomic E-state index is -4.92. The topological polar surface area (TPSA) is 62.5 Å². The Balaban J connectivity index is 1.80. The van der Waals surface area contributed by atoms with Crippen molar-refractivity contribution in [3.8, 4) is 0 Å². The van der Waals surface area contributed by atoms with Gasteiger partial charge in [-0.2, -0.15) is 13.2 Å². The fourth-order valence-corrected chi connectivity index (χ4v) is 2.72. The summed E-state index contributed by atoms with van der Waals surface area (Å²) in [5, 5.41) is 0. The SMILES string of the molecule is O=c1c(C(F)(F)[18F])cn(COCc2ccccc2)c(=O)n1COCc1ccccc1. The molecule has 0 aliphatic heterocycles. The largest absolute Gasteiger partial charge is 0.423 e. The lowest BCUT2D eigenvalue weighted by Crippen LogP contribution is -2.43. The van der Waals surface area contributed by atoms with E-state index in [1.807, 2.05) is 6.07 Å². The first kappa shape index (κ1) is 21.5. The van der Waals surface area contributed by atoms with E-state index in [2.05, 4.69) is 0 Å². The van der Waals surface area contributed by atoms with Crippen molar-refractivity contribution < 1.29 is 22.6 Å². The van der Waals surface area contributed by atoms with Crippen LogP contribution in [0.5, 0.6) is 0 Å². The van der Waals surface area contributed by atoms with Crippen LogP contribution in [0.1, 0.15) is 16.7 Å². The third-order valence-electron chi connectivity index (χ3n) is 4.22. The average molecular weight is 419 g/mol. The van der Waals surface area contributed by atoms with E-state index < -0.39 is 36.5 Å². The molecule has 3 rings (SSSR count). The monoisotopic (exact) mass is 419 g/mol. The molecule has 0 bridgehead atoms. The molecule has 9 heteroatoms. The molecule has 0 atom stereocenters. The molecule has 0 spiro atoms. The Labute approximate surface area is 169 Å². The summed E-state index contributed by atoms with van der Waals surface area (Å²) in [5.41, 5.74) is -2.33. The van der Waals surface area contributed by atoms with Crippen LogP contribution in [0.25, 0.3) is 0 Å². The van der Waals surface area contributed by atoms with Crippen molar-refractivity contribution in [2.75, 3.05) is 0 Å². The van der Waals surface area contributed by atoms with E-state index in [9.17, 15) is 22.8 Å². The Morgan fingerprint density at radius 3 is 1.77 bits per heavy atom. The number of aromatic nitrogens is 2. The fraction of sp³-hybridized carbons (Fsp3) is 0.238. The van der Waals surface area contributed by atoms with Crippen LogP contribution in [-0.4, -0.2) is 9.13 Å². The molecule has 6 nitrogen and oxygen atoms in total. The maximum Gasteiger partial charge on any atom is 0.423 e. The molecule has 0 saturated heterocycles. The first-order valence-electron chi connectivity index (χ1n) is 9.01. The molecule has 1 aromatic heterocycles. The number of ether oxygens (including phenoxy) is 2. The maximum atomic E-state index is 13.3. The van der Waals surface area contributed by atoms with Gasteiger partial charge in [-0.3, -0.25) is 9.36 Å². The van der Waals surface area contributed by atoms with E-state index in [4.69, 9.17) is 9.47 Å². The third kappa shape index (κ3) is 5.46. The van der Waals surface area contributed by atoms with Crippen LogP contribution >= 0.6 is 0 Å². The maximum absolute atomic E-state index is 13.3. The highest BCUT2D eigenvalue weighted by Crippen LogP contribution is 2.25. The molecular formula is C21H19F3N2O4. The van der Waals surface area contributed by atoms with Crippen molar-refractivity contribution in [3.63, 3.8) is 0 Å². The van der Waals surface area contributed by atoms with Crippen LogP contribution in [-0.2, 0) is 42.3 Å². The number of rotatable bonds is 8. The molecule has 3 aromatic rings. The van der Waals surface area contributed by atoms with E-state index in [-0.39, 0.29) is 13.2 Å². The van der Waals surface area contributed by atoms with E-state index in [0.717, 1.165) is 11.1 Å². The number of nitrogens with zero attached hydrogens (tertiary/aromatic N) is 2. The molecule has 0 radical (unpaired) electrons. The molecule has 0 unspecified atom stereocenters. The van der Waals surface area contributed by atoms with Gasteiger partial charge in [0.05, 0.1) is 13.2 Å². The second-order valence-electron chi connectivity index (χ2n) is 6.45. The van der Waals surface area contributed by atoms with Crippen LogP contribution in [0, 0.1) is 0 Å². The standard InChI is InChI=1S/C21H19F3N2O4/c22-21(23,24)18-11-25(14-29-12-16-7-3-1-4-8-16)20(28)26(19(18)27)15-30-13-17-9-5-2-6-10-17/h1-11H,12-15H2/i22-1. The van der Waals surface area contributed by atoms with E-state index in [1.165, 1.54) is 0 Å². The molecule has 0 fully saturated rings. The second-order valence-corrected chi connectivity index (χ2v) is 6.45. The quantitative estimate of drug-likeness (QED) is 0.562. The number of halogens is 3. The summed E-state index contributed by atoms with van der Waals surface area (Å²) in [6.45, 7) is -0.934. The van der Waals surface area contributed by atoms with Gasteiger partial charge in [-0.05, 0) is 11.1 Å². The van der Waals surface area contributed by atoms with Crippen LogP contribution in [0.15, 0.2) is 76.4 Å². The molecule has 1 heterocycles. The highest BCUT2D eigenvalue weighted by molar-refractivity contribution is 5.14. The molecule has 2 aromatic carbocycles. The van der Waals surface area contributed by atoms with Gasteiger partial charge in [-0.1, -0.05) is 60.7 Å². The van der Waals surface area contributed by atoms with E-state index >= 15 is 0 Å². The van der Waals surface area contributed by atoms with Gasteiger partial charge < -0.3 is 9.47 Å². The van der Waals surface area contributed by atoms with Crippen molar-refractivity contribution in [3.05, 3.63) is 104 Å². The molecular weight excluding hydrogens is 400 g/mol. The smallest absolute Gasteiger partial charge is 0.356 e. The molecule has 0 aliphatic carbocycles. The van der Waals surface area contributed by atoms with Gasteiger partial charge >= 0.3 is 11.9 Å². The number of alkyl halides is 3.